The van der Waals surface area contributed by atoms with Crippen LogP contribution in [0.5, 0.6) is 11.5 Å². The highest BCUT2D eigenvalue weighted by Crippen LogP contribution is 2.47. The number of allylic oxidation sites excluding steroid dienone is 1. The third-order valence-corrected chi connectivity index (χ3v) is 4.97. The van der Waals surface area contributed by atoms with Crippen LogP contribution in [-0.2, 0) is 10.2 Å². The van der Waals surface area contributed by atoms with Crippen LogP contribution in [0, 0.1) is 0 Å². The molecule has 0 bridgehead atoms. The molecule has 3 heteroatoms. The molecule has 4 rings (SSSR count). The zero-order valence-corrected chi connectivity index (χ0v) is 16.7. The van der Waals surface area contributed by atoms with E-state index in [-0.39, 0.29) is 6.10 Å². The first-order valence-corrected chi connectivity index (χ1v) is 9.56. The lowest BCUT2D eigenvalue weighted by Crippen LogP contribution is -2.31. The van der Waals surface area contributed by atoms with Crippen molar-refractivity contribution in [2.45, 2.75) is 39.3 Å². The van der Waals surface area contributed by atoms with Crippen molar-refractivity contribution in [1.29, 1.82) is 0 Å². The van der Waals surface area contributed by atoms with E-state index in [2.05, 4.69) is 84.1 Å². The molecular weight excluding hydrogens is 331 g/mol. The number of benzene rings is 3. The van der Waals surface area contributed by atoms with Gasteiger partial charge < -0.3 is 9.47 Å². The van der Waals surface area contributed by atoms with Gasteiger partial charge in [-0.15, -0.1) is 0 Å². The molecule has 1 aliphatic rings. The van der Waals surface area contributed by atoms with E-state index in [0.29, 0.717) is 0 Å². The maximum atomic E-state index is 6.35. The Morgan fingerprint density at radius 1 is 1.00 bits per heavy atom. The fourth-order valence-corrected chi connectivity index (χ4v) is 4.10. The fourth-order valence-electron chi connectivity index (χ4n) is 4.10. The highest BCUT2D eigenvalue weighted by Gasteiger charge is 2.29. The predicted octanol–water partition coefficient (Wildman–Crippen LogP) is 5.79. The van der Waals surface area contributed by atoms with Crippen molar-refractivity contribution in [2.24, 2.45) is 0 Å². The van der Waals surface area contributed by atoms with Gasteiger partial charge >= 0.3 is 0 Å². The maximum Gasteiger partial charge on any atom is 0.154 e. The van der Waals surface area contributed by atoms with E-state index < -0.39 is 5.50 Å². The van der Waals surface area contributed by atoms with Gasteiger partial charge in [0.25, 0.3) is 0 Å². The Bertz CT molecular complexity index is 1040. The summed E-state index contributed by atoms with van der Waals surface area (Å²) in [5, 5.41) is 2.38. The molecule has 0 fully saturated rings. The minimum absolute atomic E-state index is 0.127. The van der Waals surface area contributed by atoms with Gasteiger partial charge in [-0.2, -0.15) is 0 Å². The second-order valence-electron chi connectivity index (χ2n) is 7.97. The lowest BCUT2D eigenvalue weighted by atomic mass is 9.73. The summed E-state index contributed by atoms with van der Waals surface area (Å²) >= 11 is 0. The molecule has 1 atom stereocenters. The van der Waals surface area contributed by atoms with Crippen LogP contribution < -0.4 is 4.74 Å². The highest BCUT2D eigenvalue weighted by molar-refractivity contribution is 6.16. The number of fused-ring (bicyclic) bond motifs is 2. The number of rotatable bonds is 4. The van der Waals surface area contributed by atoms with Gasteiger partial charge in [-0.05, 0) is 62.4 Å². The van der Waals surface area contributed by atoms with Crippen LogP contribution in [0.15, 0.2) is 66.2 Å². The van der Waals surface area contributed by atoms with Gasteiger partial charge in [-0.3, -0.25) is 0 Å². The predicted molar refractivity (Wildman–Crippen MR) is 115 cm³/mol. The van der Waals surface area contributed by atoms with Gasteiger partial charge in [0.15, 0.2) is 7.85 Å². The minimum atomic E-state index is -0.479. The Morgan fingerprint density at radius 2 is 1.74 bits per heavy atom. The second kappa shape index (κ2) is 6.58. The standard InChI is InChI=1S/C24H25BO2/c1-15(2)14-24(25,27-16(3)4)18-11-12-21-20(13-18)19-9-5-7-17-8-6-10-22(26-21)23(17)19/h5-14,16H,25H2,1-4H3. The third kappa shape index (κ3) is 3.17. The van der Waals surface area contributed by atoms with Crippen molar-refractivity contribution in [3.8, 4) is 22.6 Å². The van der Waals surface area contributed by atoms with Gasteiger partial charge in [0, 0.05) is 10.9 Å². The summed E-state index contributed by atoms with van der Waals surface area (Å²) in [5.74, 6) is 1.82. The van der Waals surface area contributed by atoms with Crippen LogP contribution in [0.4, 0.5) is 0 Å². The molecule has 0 N–H and O–H groups in total. The molecule has 0 saturated heterocycles. The Labute approximate surface area is 162 Å². The quantitative estimate of drug-likeness (QED) is 0.340. The summed E-state index contributed by atoms with van der Waals surface area (Å²) in [6.45, 7) is 8.38. The van der Waals surface area contributed by atoms with Gasteiger partial charge in [-0.1, -0.05) is 48.0 Å². The molecule has 1 heterocycles. The first kappa shape index (κ1) is 17.9. The van der Waals surface area contributed by atoms with Crippen LogP contribution in [0.25, 0.3) is 21.9 Å². The summed E-state index contributed by atoms with van der Waals surface area (Å²) in [5.41, 5.74) is 4.23. The average molecular weight is 356 g/mol. The molecule has 0 spiro atoms. The first-order chi connectivity index (χ1) is 12.9. The minimum Gasteiger partial charge on any atom is -0.456 e. The molecule has 1 unspecified atom stereocenters. The van der Waals surface area contributed by atoms with Crippen molar-refractivity contribution < 1.29 is 9.47 Å². The van der Waals surface area contributed by atoms with Crippen molar-refractivity contribution in [2.75, 3.05) is 0 Å². The van der Waals surface area contributed by atoms with E-state index in [0.717, 1.165) is 22.6 Å². The highest BCUT2D eigenvalue weighted by atomic mass is 16.5. The summed E-state index contributed by atoms with van der Waals surface area (Å²) in [6, 6.07) is 19.1. The molecule has 0 saturated carbocycles. The van der Waals surface area contributed by atoms with Crippen LogP contribution in [0.3, 0.4) is 0 Å². The fraction of sp³-hybridized carbons (Fsp3) is 0.250. The molecule has 3 aromatic rings. The zero-order chi connectivity index (χ0) is 19.2. The van der Waals surface area contributed by atoms with Gasteiger partial charge in [0.2, 0.25) is 0 Å². The normalized spacial score (nSPS) is 14.4. The van der Waals surface area contributed by atoms with Gasteiger partial charge in [0.1, 0.15) is 11.5 Å². The second-order valence-corrected chi connectivity index (χ2v) is 7.97. The van der Waals surface area contributed by atoms with E-state index in [1.165, 1.54) is 21.9 Å². The van der Waals surface area contributed by atoms with E-state index in [4.69, 9.17) is 9.47 Å². The largest absolute Gasteiger partial charge is 0.456 e. The molecule has 0 radical (unpaired) electrons. The van der Waals surface area contributed by atoms with E-state index in [9.17, 15) is 0 Å². The molecule has 0 aromatic heterocycles. The summed E-state index contributed by atoms with van der Waals surface area (Å²) < 4.78 is 12.6. The first-order valence-electron chi connectivity index (χ1n) is 9.56. The van der Waals surface area contributed by atoms with Crippen molar-refractivity contribution in [1.82, 2.24) is 0 Å². The number of hydrogen-bond donors (Lipinski definition) is 0. The summed E-state index contributed by atoms with van der Waals surface area (Å²) in [4.78, 5) is 0. The smallest absolute Gasteiger partial charge is 0.154 e. The Morgan fingerprint density at radius 3 is 2.44 bits per heavy atom. The molecule has 0 amide bonds. The monoisotopic (exact) mass is 356 g/mol. The molecule has 136 valence electrons. The van der Waals surface area contributed by atoms with Crippen LogP contribution in [0.1, 0.15) is 33.3 Å². The van der Waals surface area contributed by atoms with Gasteiger partial charge in [0.05, 0.1) is 11.6 Å². The topological polar surface area (TPSA) is 18.5 Å². The molecule has 27 heavy (non-hydrogen) atoms. The van der Waals surface area contributed by atoms with E-state index >= 15 is 0 Å². The van der Waals surface area contributed by atoms with Crippen LogP contribution in [-0.4, -0.2) is 14.0 Å². The number of hydrogen-bond acceptors (Lipinski definition) is 2. The lowest BCUT2D eigenvalue weighted by Gasteiger charge is -2.32. The van der Waals surface area contributed by atoms with Crippen LogP contribution >= 0.6 is 0 Å². The van der Waals surface area contributed by atoms with Crippen LogP contribution in [0.2, 0.25) is 0 Å². The molecule has 3 aromatic carbocycles. The van der Waals surface area contributed by atoms with Gasteiger partial charge in [-0.25, -0.2) is 0 Å². The Kier molecular flexibility index (Phi) is 4.36. The lowest BCUT2D eigenvalue weighted by molar-refractivity contribution is 0.00381. The van der Waals surface area contributed by atoms with Crippen molar-refractivity contribution in [3.63, 3.8) is 0 Å². The Balaban J connectivity index is 1.92. The molecule has 1 aliphatic heterocycles. The van der Waals surface area contributed by atoms with E-state index in [1.807, 2.05) is 12.1 Å². The number of ether oxygens (including phenoxy) is 2. The molecule has 0 aliphatic carbocycles. The molecular formula is C24H25BO2. The Hall–Kier alpha value is -2.52. The molecule has 2 nitrogen and oxygen atoms in total. The van der Waals surface area contributed by atoms with Crippen molar-refractivity contribution >= 4 is 18.6 Å². The maximum absolute atomic E-state index is 6.35. The zero-order valence-electron chi connectivity index (χ0n) is 16.7. The van der Waals surface area contributed by atoms with E-state index in [1.54, 1.807) is 0 Å². The third-order valence-electron chi connectivity index (χ3n) is 4.97. The SMILES string of the molecule is BC(C=C(C)C)(OC(C)C)c1ccc2c(c1)-c1cccc3cccc(c13)O2. The average Bonchev–Trinajstić information content (AvgIpc) is 2.60. The van der Waals surface area contributed by atoms with Crippen molar-refractivity contribution in [3.05, 3.63) is 71.8 Å². The summed E-state index contributed by atoms with van der Waals surface area (Å²) in [6.07, 6.45) is 2.33. The summed E-state index contributed by atoms with van der Waals surface area (Å²) in [7, 11) is 2.14.